The number of nitrogens with zero attached hydrogens (tertiary/aromatic N) is 4. The van der Waals surface area contributed by atoms with Crippen LogP contribution in [0.15, 0.2) is 65.2 Å². The molecule has 36 heavy (non-hydrogen) atoms. The standard InChI is InChI=1S/C28H31ClN4O3/c1-20(34)33(24-8-6-23(29)7-9-24)19-22-11-13-32(26-5-3-2-4-25(22)26)28(35)21-10-12-30-27(18-21)31-14-16-36-17-15-31/h2-10,12,22,27H,11,13-19H2,1H3/t22-,27?/m0/s1. The Hall–Kier alpha value is -3.00. The van der Waals surface area contributed by atoms with Gasteiger partial charge in [0.1, 0.15) is 6.17 Å². The fraction of sp³-hybridized carbons (Fsp3) is 0.393. The summed E-state index contributed by atoms with van der Waals surface area (Å²) in [5.74, 6) is 0.133. The van der Waals surface area contributed by atoms with Crippen LogP contribution in [0.25, 0.3) is 0 Å². The predicted molar refractivity (Wildman–Crippen MR) is 143 cm³/mol. The van der Waals surface area contributed by atoms with Gasteiger partial charge in [0.25, 0.3) is 5.91 Å². The maximum atomic E-state index is 13.7. The highest BCUT2D eigenvalue weighted by molar-refractivity contribution is 6.30. The summed E-state index contributed by atoms with van der Waals surface area (Å²) >= 11 is 6.06. The Balaban J connectivity index is 1.34. The normalized spacial score (nSPS) is 22.1. The molecule has 2 aromatic rings. The number of aliphatic imine (C=N–C) groups is 1. The van der Waals surface area contributed by atoms with Crippen LogP contribution in [0.5, 0.6) is 0 Å². The van der Waals surface area contributed by atoms with Gasteiger partial charge in [-0.05, 0) is 48.4 Å². The van der Waals surface area contributed by atoms with Crippen LogP contribution >= 0.6 is 11.6 Å². The number of hydrogen-bond donors (Lipinski definition) is 0. The first-order valence-electron chi connectivity index (χ1n) is 12.5. The maximum absolute atomic E-state index is 13.7. The number of amides is 2. The number of anilines is 2. The van der Waals surface area contributed by atoms with Crippen molar-refractivity contribution in [2.75, 3.05) is 49.2 Å². The smallest absolute Gasteiger partial charge is 0.254 e. The molecule has 2 atom stereocenters. The molecule has 0 N–H and O–H groups in total. The van der Waals surface area contributed by atoms with Gasteiger partial charge in [-0.15, -0.1) is 0 Å². The first kappa shape index (κ1) is 24.7. The third-order valence-electron chi connectivity index (χ3n) is 7.21. The van der Waals surface area contributed by atoms with Gasteiger partial charge in [0, 0.05) is 73.6 Å². The summed E-state index contributed by atoms with van der Waals surface area (Å²) in [5, 5.41) is 0.636. The molecule has 3 aliphatic heterocycles. The maximum Gasteiger partial charge on any atom is 0.254 e. The monoisotopic (exact) mass is 506 g/mol. The van der Waals surface area contributed by atoms with E-state index in [-0.39, 0.29) is 23.9 Å². The first-order valence-corrected chi connectivity index (χ1v) is 12.9. The zero-order valence-corrected chi connectivity index (χ0v) is 21.2. The molecule has 3 aliphatic rings. The number of fused-ring (bicyclic) bond motifs is 1. The Morgan fingerprint density at radius 1 is 1.08 bits per heavy atom. The van der Waals surface area contributed by atoms with E-state index in [0.29, 0.717) is 37.7 Å². The van der Waals surface area contributed by atoms with Crippen molar-refractivity contribution < 1.29 is 14.3 Å². The molecule has 0 aromatic heterocycles. The second kappa shape index (κ2) is 10.9. The number of dihydropyridines is 1. The molecule has 5 rings (SSSR count). The minimum absolute atomic E-state index is 0.0193. The highest BCUT2D eigenvalue weighted by Gasteiger charge is 2.33. The Bertz CT molecular complexity index is 1170. The Morgan fingerprint density at radius 3 is 2.58 bits per heavy atom. The SMILES string of the molecule is CC(=O)N(C[C@@H]1CCN(C(=O)C2=CC=NC(N3CCOCC3)C2)c2ccccc21)c1ccc(Cl)cc1. The molecule has 0 aliphatic carbocycles. The molecule has 1 saturated heterocycles. The molecule has 7 nitrogen and oxygen atoms in total. The molecule has 1 unspecified atom stereocenters. The lowest BCUT2D eigenvalue weighted by molar-refractivity contribution is -0.117. The van der Waals surface area contributed by atoms with Gasteiger partial charge in [0.05, 0.1) is 13.2 Å². The van der Waals surface area contributed by atoms with Crippen LogP contribution in [0.4, 0.5) is 11.4 Å². The number of para-hydroxylation sites is 1. The first-order chi connectivity index (χ1) is 17.5. The van der Waals surface area contributed by atoms with Gasteiger partial charge >= 0.3 is 0 Å². The van der Waals surface area contributed by atoms with Gasteiger partial charge in [-0.1, -0.05) is 29.8 Å². The van der Waals surface area contributed by atoms with E-state index in [1.165, 1.54) is 0 Å². The van der Waals surface area contributed by atoms with Gasteiger partial charge in [-0.2, -0.15) is 0 Å². The number of rotatable bonds is 5. The molecule has 8 heteroatoms. The summed E-state index contributed by atoms with van der Waals surface area (Å²) in [7, 11) is 0. The van der Waals surface area contributed by atoms with E-state index >= 15 is 0 Å². The van der Waals surface area contributed by atoms with Gasteiger partial charge in [-0.25, -0.2) is 0 Å². The summed E-state index contributed by atoms with van der Waals surface area (Å²) in [6, 6.07) is 15.4. The molecular formula is C28H31ClN4O3. The Kier molecular flexibility index (Phi) is 7.51. The highest BCUT2D eigenvalue weighted by Crippen LogP contribution is 2.38. The predicted octanol–water partition coefficient (Wildman–Crippen LogP) is 4.27. The van der Waals surface area contributed by atoms with Crippen molar-refractivity contribution in [2.24, 2.45) is 4.99 Å². The molecule has 3 heterocycles. The van der Waals surface area contributed by atoms with Crippen molar-refractivity contribution in [3.63, 3.8) is 0 Å². The summed E-state index contributed by atoms with van der Waals surface area (Å²) < 4.78 is 5.47. The van der Waals surface area contributed by atoms with Crippen LogP contribution < -0.4 is 9.80 Å². The molecule has 2 aromatic carbocycles. The number of morpholine rings is 1. The Morgan fingerprint density at radius 2 is 1.83 bits per heavy atom. The van der Waals surface area contributed by atoms with Gasteiger partial charge in [0.2, 0.25) is 5.91 Å². The lowest BCUT2D eigenvalue weighted by Crippen LogP contribution is -2.45. The third kappa shape index (κ3) is 5.24. The van der Waals surface area contributed by atoms with E-state index in [1.807, 2.05) is 41.3 Å². The fourth-order valence-electron chi connectivity index (χ4n) is 5.28. The third-order valence-corrected chi connectivity index (χ3v) is 7.47. The zero-order chi connectivity index (χ0) is 25.1. The lowest BCUT2D eigenvalue weighted by Gasteiger charge is -2.38. The largest absolute Gasteiger partial charge is 0.379 e. The number of allylic oxidation sites excluding steroid dienone is 1. The van der Waals surface area contributed by atoms with Crippen LogP contribution in [0, 0.1) is 0 Å². The molecule has 2 amide bonds. The van der Waals surface area contributed by atoms with E-state index in [0.717, 1.165) is 42.0 Å². The van der Waals surface area contributed by atoms with Gasteiger partial charge in [0.15, 0.2) is 0 Å². The second-order valence-electron chi connectivity index (χ2n) is 9.43. The van der Waals surface area contributed by atoms with E-state index < -0.39 is 0 Å². The van der Waals surface area contributed by atoms with Crippen LogP contribution in [0.2, 0.25) is 5.02 Å². The van der Waals surface area contributed by atoms with Crippen molar-refractivity contribution in [3.05, 3.63) is 70.8 Å². The fourth-order valence-corrected chi connectivity index (χ4v) is 5.40. The van der Waals surface area contributed by atoms with Crippen LogP contribution in [0.1, 0.15) is 31.2 Å². The summed E-state index contributed by atoms with van der Waals surface area (Å²) in [4.78, 5) is 36.9. The Labute approximate surface area is 217 Å². The summed E-state index contributed by atoms with van der Waals surface area (Å²) in [6.07, 6.45) is 4.98. The van der Waals surface area contributed by atoms with E-state index in [1.54, 1.807) is 30.2 Å². The summed E-state index contributed by atoms with van der Waals surface area (Å²) in [5.41, 5.74) is 3.61. The van der Waals surface area contributed by atoms with Crippen LogP contribution in [0.3, 0.4) is 0 Å². The number of carbonyl (C=O) groups is 2. The molecule has 0 bridgehead atoms. The van der Waals surface area contributed by atoms with E-state index in [4.69, 9.17) is 16.3 Å². The quantitative estimate of drug-likeness (QED) is 0.607. The topological polar surface area (TPSA) is 65.5 Å². The molecule has 0 spiro atoms. The van der Waals surface area contributed by atoms with Gasteiger partial charge < -0.3 is 14.5 Å². The molecule has 188 valence electrons. The van der Waals surface area contributed by atoms with Crippen molar-refractivity contribution >= 4 is 41.0 Å². The summed E-state index contributed by atoms with van der Waals surface area (Å²) in [6.45, 7) is 5.80. The molecule has 0 radical (unpaired) electrons. The van der Waals surface area contributed by atoms with Crippen LogP contribution in [-0.4, -0.2) is 68.5 Å². The molecule has 0 saturated carbocycles. The van der Waals surface area contributed by atoms with E-state index in [9.17, 15) is 9.59 Å². The number of halogens is 1. The highest BCUT2D eigenvalue weighted by atomic mass is 35.5. The minimum atomic E-state index is -0.0193. The molecular weight excluding hydrogens is 476 g/mol. The number of ether oxygens (including phenoxy) is 1. The number of benzene rings is 2. The van der Waals surface area contributed by atoms with E-state index in [2.05, 4.69) is 16.0 Å². The van der Waals surface area contributed by atoms with Gasteiger partial charge in [-0.3, -0.25) is 19.5 Å². The average molecular weight is 507 g/mol. The lowest BCUT2D eigenvalue weighted by atomic mass is 9.88. The van der Waals surface area contributed by atoms with Crippen molar-refractivity contribution in [2.45, 2.75) is 31.8 Å². The molecule has 1 fully saturated rings. The average Bonchev–Trinajstić information content (AvgIpc) is 2.92. The zero-order valence-electron chi connectivity index (χ0n) is 20.5. The number of carbonyl (C=O) groups excluding carboxylic acids is 2. The van der Waals surface area contributed by atoms with Crippen molar-refractivity contribution in [3.8, 4) is 0 Å². The van der Waals surface area contributed by atoms with Crippen molar-refractivity contribution in [1.29, 1.82) is 0 Å². The minimum Gasteiger partial charge on any atom is -0.379 e. The van der Waals surface area contributed by atoms with Crippen LogP contribution in [-0.2, 0) is 14.3 Å². The second-order valence-corrected chi connectivity index (χ2v) is 9.87. The van der Waals surface area contributed by atoms with Crippen molar-refractivity contribution in [1.82, 2.24) is 4.90 Å². The number of hydrogen-bond acceptors (Lipinski definition) is 5.